The van der Waals surface area contributed by atoms with Crippen LogP contribution in [-0.2, 0) is 11.2 Å². The molecule has 0 spiro atoms. The van der Waals surface area contributed by atoms with Crippen molar-refractivity contribution in [3.05, 3.63) is 41.4 Å². The Morgan fingerprint density at radius 2 is 2.11 bits per heavy atom. The van der Waals surface area contributed by atoms with E-state index in [1.807, 2.05) is 30.3 Å². The highest BCUT2D eigenvalue weighted by atomic mass is 16.4. The molecule has 0 atom stereocenters. The van der Waals surface area contributed by atoms with Gasteiger partial charge in [-0.15, -0.1) is 0 Å². The Balaban J connectivity index is 2.15. The monoisotopic (exact) mass is 255 g/mol. The second kappa shape index (κ2) is 5.36. The Kier molecular flexibility index (Phi) is 3.62. The number of Topliss-reactive ketones (excluding diaryl/α,β-unsaturated/α-hetero) is 1. The first-order valence-electron chi connectivity index (χ1n) is 5.81. The van der Waals surface area contributed by atoms with E-state index in [1.54, 1.807) is 13.8 Å². The van der Waals surface area contributed by atoms with E-state index in [1.165, 1.54) is 0 Å². The zero-order valence-electron chi connectivity index (χ0n) is 10.7. The zero-order chi connectivity index (χ0) is 13.8. The summed E-state index contributed by atoms with van der Waals surface area (Å²) in [6.45, 7) is 3.24. The number of nitrogens with one attached hydrogen (secondary N) is 1. The highest BCUT2D eigenvalue weighted by molar-refractivity contribution is 5.78. The van der Waals surface area contributed by atoms with Gasteiger partial charge in [-0.1, -0.05) is 12.1 Å². The molecule has 5 heteroatoms. The van der Waals surface area contributed by atoms with Crippen LogP contribution >= 0.6 is 0 Å². The van der Waals surface area contributed by atoms with Crippen molar-refractivity contribution in [2.75, 3.05) is 5.32 Å². The number of nitrogens with zero attached hydrogens (tertiary/aromatic N) is 2. The van der Waals surface area contributed by atoms with E-state index in [4.69, 9.17) is 9.68 Å². The molecule has 0 aliphatic heterocycles. The largest absolute Gasteiger partial charge is 0.424 e. The first kappa shape index (κ1) is 12.8. The average molecular weight is 255 g/mol. The lowest BCUT2D eigenvalue weighted by atomic mass is 10.1. The van der Waals surface area contributed by atoms with Gasteiger partial charge in [0.25, 0.3) is 0 Å². The third kappa shape index (κ3) is 3.19. The molecule has 0 bridgehead atoms. The normalized spacial score (nSPS) is 9.95. The molecule has 0 saturated heterocycles. The molecule has 1 aromatic heterocycles. The maximum absolute atomic E-state index is 11.0. The van der Waals surface area contributed by atoms with Crippen molar-refractivity contribution in [1.29, 1.82) is 5.26 Å². The molecule has 1 N–H and O–H groups in total. The number of anilines is 2. The van der Waals surface area contributed by atoms with Crippen LogP contribution in [0, 0.1) is 18.3 Å². The molecule has 2 rings (SSSR count). The number of hydrogen-bond acceptors (Lipinski definition) is 5. The van der Waals surface area contributed by atoms with E-state index in [0.717, 1.165) is 11.3 Å². The van der Waals surface area contributed by atoms with E-state index >= 15 is 0 Å². The summed E-state index contributed by atoms with van der Waals surface area (Å²) >= 11 is 0. The van der Waals surface area contributed by atoms with Crippen LogP contribution in [0.2, 0.25) is 0 Å². The first-order valence-corrected chi connectivity index (χ1v) is 5.81. The van der Waals surface area contributed by atoms with Crippen molar-refractivity contribution < 1.29 is 9.21 Å². The first-order chi connectivity index (χ1) is 9.08. The number of benzene rings is 1. The van der Waals surface area contributed by atoms with Crippen LogP contribution in [0.25, 0.3) is 0 Å². The summed E-state index contributed by atoms with van der Waals surface area (Å²) in [6.07, 6.45) is 0.422. The van der Waals surface area contributed by atoms with Crippen LogP contribution in [0.3, 0.4) is 0 Å². The molecule has 0 aliphatic carbocycles. The number of carbonyl (C=O) groups excluding carboxylic acids is 1. The van der Waals surface area contributed by atoms with Crippen LogP contribution in [0.1, 0.15) is 24.1 Å². The molecule has 5 nitrogen and oxygen atoms in total. The average Bonchev–Trinajstić information content (AvgIpc) is 2.71. The summed E-state index contributed by atoms with van der Waals surface area (Å²) in [6, 6.07) is 9.34. The van der Waals surface area contributed by atoms with Gasteiger partial charge in [0.1, 0.15) is 11.9 Å². The highest BCUT2D eigenvalue weighted by Crippen LogP contribution is 2.21. The van der Waals surface area contributed by atoms with Gasteiger partial charge in [0.05, 0.1) is 0 Å². The lowest BCUT2D eigenvalue weighted by Crippen LogP contribution is -1.96. The van der Waals surface area contributed by atoms with Gasteiger partial charge in [0.2, 0.25) is 11.6 Å². The molecular formula is C14H13N3O2. The minimum Gasteiger partial charge on any atom is -0.424 e. The van der Waals surface area contributed by atoms with Crippen LogP contribution in [0.15, 0.2) is 28.7 Å². The Bertz CT molecular complexity index is 636. The van der Waals surface area contributed by atoms with Crippen molar-refractivity contribution in [3.63, 3.8) is 0 Å². The molecule has 1 aromatic carbocycles. The molecule has 0 amide bonds. The molecule has 0 radical (unpaired) electrons. The predicted octanol–water partition coefficient (Wildman–Crippen LogP) is 2.73. The predicted molar refractivity (Wildman–Crippen MR) is 70.1 cm³/mol. The number of aromatic nitrogens is 1. The number of nitriles is 1. The van der Waals surface area contributed by atoms with Gasteiger partial charge in [-0.3, -0.25) is 4.79 Å². The van der Waals surface area contributed by atoms with Crippen molar-refractivity contribution in [2.45, 2.75) is 20.3 Å². The van der Waals surface area contributed by atoms with Crippen LogP contribution in [0.4, 0.5) is 11.6 Å². The number of aryl methyl sites for hydroxylation is 1. The number of oxazole rings is 1. The Hall–Kier alpha value is -2.61. The van der Waals surface area contributed by atoms with Crippen molar-refractivity contribution >= 4 is 17.4 Å². The summed E-state index contributed by atoms with van der Waals surface area (Å²) in [7, 11) is 0. The second-order valence-electron chi connectivity index (χ2n) is 4.22. The Labute approximate surface area is 110 Å². The van der Waals surface area contributed by atoms with Gasteiger partial charge in [0, 0.05) is 19.0 Å². The van der Waals surface area contributed by atoms with Gasteiger partial charge in [-0.25, -0.2) is 4.98 Å². The Morgan fingerprint density at radius 3 is 2.68 bits per heavy atom. The fourth-order valence-corrected chi connectivity index (χ4v) is 1.71. The molecule has 0 aliphatic rings. The summed E-state index contributed by atoms with van der Waals surface area (Å²) in [4.78, 5) is 14.9. The van der Waals surface area contributed by atoms with Gasteiger partial charge in [-0.05, 0) is 24.6 Å². The highest BCUT2D eigenvalue weighted by Gasteiger charge is 2.10. The number of rotatable bonds is 4. The van der Waals surface area contributed by atoms with Crippen LogP contribution in [-0.4, -0.2) is 10.8 Å². The van der Waals surface area contributed by atoms with E-state index in [0.29, 0.717) is 18.2 Å². The quantitative estimate of drug-likeness (QED) is 0.908. The van der Waals surface area contributed by atoms with E-state index in [2.05, 4.69) is 10.3 Å². The number of hydrogen-bond donors (Lipinski definition) is 1. The molecule has 96 valence electrons. The van der Waals surface area contributed by atoms with Gasteiger partial charge in [0.15, 0.2) is 5.89 Å². The summed E-state index contributed by atoms with van der Waals surface area (Å²) < 4.78 is 5.31. The summed E-state index contributed by atoms with van der Waals surface area (Å²) in [5, 5.41) is 11.9. The molecule has 1 heterocycles. The van der Waals surface area contributed by atoms with Gasteiger partial charge >= 0.3 is 0 Å². The molecular weight excluding hydrogens is 242 g/mol. The van der Waals surface area contributed by atoms with Crippen molar-refractivity contribution in [3.8, 4) is 6.07 Å². The van der Waals surface area contributed by atoms with Gasteiger partial charge in [-0.2, -0.15) is 5.26 Å². The van der Waals surface area contributed by atoms with Crippen molar-refractivity contribution in [1.82, 2.24) is 4.98 Å². The standard InChI is InChI=1S/C14H13N3O2/c1-9(18)7-11-3-5-12(6-4-11)17-14-13(8-15)16-10(2)19-14/h3-6,17H,7H2,1-2H3. The lowest BCUT2D eigenvalue weighted by Gasteiger charge is -2.04. The van der Waals surface area contributed by atoms with Crippen LogP contribution < -0.4 is 5.32 Å². The second-order valence-corrected chi connectivity index (χ2v) is 4.22. The van der Waals surface area contributed by atoms with Crippen molar-refractivity contribution in [2.24, 2.45) is 0 Å². The molecule has 0 fully saturated rings. The number of ketones is 1. The summed E-state index contributed by atoms with van der Waals surface area (Å²) in [5.74, 6) is 0.893. The van der Waals surface area contributed by atoms with E-state index in [-0.39, 0.29) is 11.5 Å². The lowest BCUT2D eigenvalue weighted by molar-refractivity contribution is -0.116. The molecule has 19 heavy (non-hydrogen) atoms. The Morgan fingerprint density at radius 1 is 1.42 bits per heavy atom. The number of carbonyl (C=O) groups is 1. The topological polar surface area (TPSA) is 78.9 Å². The molecule has 0 saturated carbocycles. The molecule has 0 unspecified atom stereocenters. The van der Waals surface area contributed by atoms with Gasteiger partial charge < -0.3 is 9.73 Å². The molecule has 2 aromatic rings. The fraction of sp³-hybridized carbons (Fsp3) is 0.214. The zero-order valence-corrected chi connectivity index (χ0v) is 10.7. The van der Waals surface area contributed by atoms with Crippen LogP contribution in [0.5, 0.6) is 0 Å². The third-order valence-corrected chi connectivity index (χ3v) is 2.50. The minimum absolute atomic E-state index is 0.123. The minimum atomic E-state index is 0.123. The fourth-order valence-electron chi connectivity index (χ4n) is 1.71. The van der Waals surface area contributed by atoms with E-state index < -0.39 is 0 Å². The van der Waals surface area contributed by atoms with E-state index in [9.17, 15) is 4.79 Å². The third-order valence-electron chi connectivity index (χ3n) is 2.50. The smallest absolute Gasteiger partial charge is 0.236 e. The maximum Gasteiger partial charge on any atom is 0.236 e. The maximum atomic E-state index is 11.0. The summed E-state index contributed by atoms with van der Waals surface area (Å²) in [5.41, 5.74) is 1.96. The SMILES string of the molecule is CC(=O)Cc1ccc(Nc2oc(C)nc2C#N)cc1.